The highest BCUT2D eigenvalue weighted by molar-refractivity contribution is 9.10. The molecule has 19 heavy (non-hydrogen) atoms. The van der Waals surface area contributed by atoms with Crippen LogP contribution in [-0.2, 0) is 4.79 Å². The predicted molar refractivity (Wildman–Crippen MR) is 79.9 cm³/mol. The third kappa shape index (κ3) is 3.97. The summed E-state index contributed by atoms with van der Waals surface area (Å²) in [5.74, 6) is 0.0360. The number of anilines is 1. The van der Waals surface area contributed by atoms with Crippen LogP contribution in [-0.4, -0.2) is 29.9 Å². The zero-order valence-electron chi connectivity index (χ0n) is 11.4. The van der Waals surface area contributed by atoms with Gasteiger partial charge in [-0.05, 0) is 39.0 Å². The van der Waals surface area contributed by atoms with Crippen LogP contribution in [0.2, 0.25) is 0 Å². The summed E-state index contributed by atoms with van der Waals surface area (Å²) in [6, 6.07) is 7.10. The lowest BCUT2D eigenvalue weighted by atomic mass is 10.1. The number of carbonyl (C=O) groups excluding carboxylic acids is 1. The third-order valence-corrected chi connectivity index (χ3v) is 3.41. The predicted octanol–water partition coefficient (Wildman–Crippen LogP) is 2.99. The van der Waals surface area contributed by atoms with E-state index in [4.69, 9.17) is 5.26 Å². The van der Waals surface area contributed by atoms with E-state index in [1.807, 2.05) is 26.8 Å². The number of nitriles is 1. The van der Waals surface area contributed by atoms with E-state index in [1.54, 1.807) is 17.0 Å². The van der Waals surface area contributed by atoms with Gasteiger partial charge in [0.2, 0.25) is 5.91 Å². The molecule has 0 spiro atoms. The minimum atomic E-state index is -0.360. The average molecular weight is 324 g/mol. The van der Waals surface area contributed by atoms with Crippen LogP contribution < -0.4 is 5.32 Å². The Kier molecular flexibility index (Phi) is 5.84. The van der Waals surface area contributed by atoms with E-state index >= 15 is 0 Å². The van der Waals surface area contributed by atoms with Crippen LogP contribution in [0.1, 0.15) is 26.3 Å². The number of carbonyl (C=O) groups is 1. The summed E-state index contributed by atoms with van der Waals surface area (Å²) in [6.07, 6.45) is 0. The van der Waals surface area contributed by atoms with Gasteiger partial charge in [0.1, 0.15) is 12.1 Å². The molecule has 1 N–H and O–H groups in total. The van der Waals surface area contributed by atoms with Crippen molar-refractivity contribution in [2.75, 3.05) is 18.4 Å². The fourth-order valence-electron chi connectivity index (χ4n) is 1.84. The Morgan fingerprint density at radius 2 is 2.11 bits per heavy atom. The summed E-state index contributed by atoms with van der Waals surface area (Å²) in [4.78, 5) is 13.9. The Hall–Kier alpha value is -1.54. The maximum Gasteiger partial charge on any atom is 0.244 e. The standard InChI is InChI=1S/C14H18BrN3O/c1-4-18(5-2)14(19)10(3)17-13-8-12(15)7-6-11(13)9-16/h6-8,10,17H,4-5H2,1-3H3. The van der Waals surface area contributed by atoms with Gasteiger partial charge in [0.05, 0.1) is 11.3 Å². The molecule has 1 aromatic carbocycles. The molecule has 0 aliphatic rings. The minimum Gasteiger partial charge on any atom is -0.373 e. The van der Waals surface area contributed by atoms with Crippen molar-refractivity contribution in [1.82, 2.24) is 4.90 Å². The van der Waals surface area contributed by atoms with Crippen molar-refractivity contribution in [3.05, 3.63) is 28.2 Å². The number of hydrogen-bond acceptors (Lipinski definition) is 3. The molecule has 0 saturated carbocycles. The molecule has 1 aromatic rings. The second-order valence-corrected chi connectivity index (χ2v) is 5.09. The van der Waals surface area contributed by atoms with Crippen LogP contribution in [0.4, 0.5) is 5.69 Å². The number of rotatable bonds is 5. The van der Waals surface area contributed by atoms with Crippen molar-refractivity contribution in [1.29, 1.82) is 5.26 Å². The van der Waals surface area contributed by atoms with E-state index in [2.05, 4.69) is 27.3 Å². The molecule has 0 radical (unpaired) electrons. The molecule has 1 unspecified atom stereocenters. The molecule has 102 valence electrons. The molecular weight excluding hydrogens is 306 g/mol. The summed E-state index contributed by atoms with van der Waals surface area (Å²) in [6.45, 7) is 7.08. The molecule has 0 saturated heterocycles. The second kappa shape index (κ2) is 7.15. The molecule has 1 atom stereocenters. The largest absolute Gasteiger partial charge is 0.373 e. The Labute approximate surface area is 122 Å². The normalized spacial score (nSPS) is 11.5. The molecule has 5 heteroatoms. The number of benzene rings is 1. The first-order valence-corrected chi connectivity index (χ1v) is 7.07. The van der Waals surface area contributed by atoms with Gasteiger partial charge in [-0.2, -0.15) is 5.26 Å². The van der Waals surface area contributed by atoms with E-state index in [0.29, 0.717) is 24.3 Å². The molecule has 0 aliphatic heterocycles. The molecule has 1 amide bonds. The number of hydrogen-bond donors (Lipinski definition) is 1. The summed E-state index contributed by atoms with van der Waals surface area (Å²) in [5.41, 5.74) is 1.20. The average Bonchev–Trinajstić information content (AvgIpc) is 2.40. The van der Waals surface area contributed by atoms with Crippen LogP contribution >= 0.6 is 15.9 Å². The smallest absolute Gasteiger partial charge is 0.244 e. The van der Waals surface area contributed by atoms with Gasteiger partial charge in [0.15, 0.2) is 0 Å². The monoisotopic (exact) mass is 323 g/mol. The summed E-state index contributed by atoms with van der Waals surface area (Å²) < 4.78 is 0.872. The van der Waals surface area contributed by atoms with Crippen molar-refractivity contribution in [3.8, 4) is 6.07 Å². The van der Waals surface area contributed by atoms with Crippen LogP contribution in [0, 0.1) is 11.3 Å². The fraction of sp³-hybridized carbons (Fsp3) is 0.429. The van der Waals surface area contributed by atoms with Crippen LogP contribution in [0.5, 0.6) is 0 Å². The Balaban J connectivity index is 2.88. The maximum atomic E-state index is 12.2. The minimum absolute atomic E-state index is 0.0360. The van der Waals surface area contributed by atoms with Crippen molar-refractivity contribution in [2.45, 2.75) is 26.8 Å². The molecule has 0 aromatic heterocycles. The Bertz CT molecular complexity index is 492. The molecule has 4 nitrogen and oxygen atoms in total. The summed E-state index contributed by atoms with van der Waals surface area (Å²) in [5, 5.41) is 12.2. The quantitative estimate of drug-likeness (QED) is 0.906. The summed E-state index contributed by atoms with van der Waals surface area (Å²) in [7, 11) is 0. The van der Waals surface area contributed by atoms with E-state index in [-0.39, 0.29) is 11.9 Å². The Morgan fingerprint density at radius 3 is 2.63 bits per heavy atom. The molecule has 0 heterocycles. The van der Waals surface area contributed by atoms with E-state index in [1.165, 1.54) is 0 Å². The van der Waals surface area contributed by atoms with Crippen LogP contribution in [0.15, 0.2) is 22.7 Å². The van der Waals surface area contributed by atoms with Gasteiger partial charge in [-0.1, -0.05) is 15.9 Å². The number of halogens is 1. The van der Waals surface area contributed by atoms with Gasteiger partial charge in [0, 0.05) is 17.6 Å². The number of nitrogens with zero attached hydrogens (tertiary/aromatic N) is 2. The van der Waals surface area contributed by atoms with Gasteiger partial charge in [-0.25, -0.2) is 0 Å². The van der Waals surface area contributed by atoms with Gasteiger partial charge in [0.25, 0.3) is 0 Å². The fourth-order valence-corrected chi connectivity index (χ4v) is 2.20. The maximum absolute atomic E-state index is 12.2. The van der Waals surface area contributed by atoms with Crippen molar-refractivity contribution >= 4 is 27.5 Å². The molecular formula is C14H18BrN3O. The van der Waals surface area contributed by atoms with Crippen LogP contribution in [0.3, 0.4) is 0 Å². The van der Waals surface area contributed by atoms with Crippen molar-refractivity contribution in [2.24, 2.45) is 0 Å². The van der Waals surface area contributed by atoms with Gasteiger partial charge >= 0.3 is 0 Å². The molecule has 0 bridgehead atoms. The highest BCUT2D eigenvalue weighted by Crippen LogP contribution is 2.21. The van der Waals surface area contributed by atoms with Crippen molar-refractivity contribution in [3.63, 3.8) is 0 Å². The SMILES string of the molecule is CCN(CC)C(=O)C(C)Nc1cc(Br)ccc1C#N. The van der Waals surface area contributed by atoms with E-state index < -0.39 is 0 Å². The lowest BCUT2D eigenvalue weighted by Gasteiger charge is -2.24. The highest BCUT2D eigenvalue weighted by Gasteiger charge is 2.18. The topological polar surface area (TPSA) is 56.1 Å². The second-order valence-electron chi connectivity index (χ2n) is 4.18. The first-order valence-electron chi connectivity index (χ1n) is 6.28. The first kappa shape index (κ1) is 15.5. The Morgan fingerprint density at radius 1 is 1.47 bits per heavy atom. The van der Waals surface area contributed by atoms with E-state index in [9.17, 15) is 4.79 Å². The number of likely N-dealkylation sites (N-methyl/N-ethyl adjacent to an activating group) is 1. The number of amides is 1. The highest BCUT2D eigenvalue weighted by atomic mass is 79.9. The lowest BCUT2D eigenvalue weighted by molar-refractivity contribution is -0.131. The zero-order valence-corrected chi connectivity index (χ0v) is 13.0. The molecule has 1 rings (SSSR count). The van der Waals surface area contributed by atoms with E-state index in [0.717, 1.165) is 4.47 Å². The lowest BCUT2D eigenvalue weighted by Crippen LogP contribution is -2.41. The summed E-state index contributed by atoms with van der Waals surface area (Å²) >= 11 is 3.36. The first-order chi connectivity index (χ1) is 9.03. The molecule has 0 aliphatic carbocycles. The van der Waals surface area contributed by atoms with Gasteiger partial charge in [-0.3, -0.25) is 4.79 Å². The zero-order chi connectivity index (χ0) is 14.4. The van der Waals surface area contributed by atoms with Crippen LogP contribution in [0.25, 0.3) is 0 Å². The third-order valence-electron chi connectivity index (χ3n) is 2.92. The number of nitrogens with one attached hydrogen (secondary N) is 1. The van der Waals surface area contributed by atoms with Crippen molar-refractivity contribution < 1.29 is 4.79 Å². The van der Waals surface area contributed by atoms with Gasteiger partial charge in [-0.15, -0.1) is 0 Å². The van der Waals surface area contributed by atoms with Gasteiger partial charge < -0.3 is 10.2 Å². The molecule has 0 fully saturated rings.